The fourth-order valence-electron chi connectivity index (χ4n) is 5.46. The lowest BCUT2D eigenvalue weighted by Crippen LogP contribution is -2.30. The van der Waals surface area contributed by atoms with Gasteiger partial charge in [0.2, 0.25) is 0 Å². The van der Waals surface area contributed by atoms with Gasteiger partial charge in [-0.2, -0.15) is 0 Å². The molecule has 1 heterocycles. The Morgan fingerprint density at radius 3 is 1.95 bits per heavy atom. The van der Waals surface area contributed by atoms with Crippen molar-refractivity contribution < 1.29 is 19.2 Å². The monoisotopic (exact) mass is 596 g/mol. The molecule has 0 amide bonds. The van der Waals surface area contributed by atoms with E-state index in [9.17, 15) is 9.59 Å². The van der Waals surface area contributed by atoms with Crippen LogP contribution in [0.3, 0.4) is 0 Å². The zero-order chi connectivity index (χ0) is 30.3. The van der Waals surface area contributed by atoms with Gasteiger partial charge < -0.3 is 9.57 Å². The Kier molecular flexibility index (Phi) is 14.4. The predicted octanol–water partition coefficient (Wildman–Crippen LogP) is 9.32. The molecule has 0 unspecified atom stereocenters. The number of carbonyl (C=O) groups is 2. The van der Waals surface area contributed by atoms with Crippen LogP contribution in [0.5, 0.6) is 5.75 Å². The summed E-state index contributed by atoms with van der Waals surface area (Å²) in [7, 11) is 1.61. The molecule has 42 heavy (non-hydrogen) atoms. The Bertz CT molecular complexity index is 1250. The average Bonchev–Trinajstić information content (AvgIpc) is 3.26. The molecular formula is C35H49ClN2O4. The minimum atomic E-state index is -0.309. The predicted molar refractivity (Wildman–Crippen MR) is 173 cm³/mol. The van der Waals surface area contributed by atoms with Crippen LogP contribution in [0.2, 0.25) is 5.02 Å². The third-order valence-electron chi connectivity index (χ3n) is 7.91. The highest BCUT2D eigenvalue weighted by molar-refractivity contribution is 6.30. The van der Waals surface area contributed by atoms with Gasteiger partial charge in [0.1, 0.15) is 5.75 Å². The quantitative estimate of drug-likeness (QED) is 0.102. The number of hydrogen-bond donors (Lipinski definition) is 0. The van der Waals surface area contributed by atoms with Crippen LogP contribution >= 0.6 is 11.6 Å². The highest BCUT2D eigenvalue weighted by atomic mass is 35.5. The number of nitrogens with zero attached hydrogens (tertiary/aromatic N) is 2. The molecule has 0 aliphatic carbocycles. The van der Waals surface area contributed by atoms with E-state index in [1.807, 2.05) is 30.2 Å². The number of methoxy groups -OCH3 is 1. The van der Waals surface area contributed by atoms with E-state index < -0.39 is 0 Å². The van der Waals surface area contributed by atoms with Crippen LogP contribution in [0.15, 0.2) is 42.5 Å². The molecule has 6 nitrogen and oxygen atoms in total. The topological polar surface area (TPSA) is 60.8 Å². The lowest BCUT2D eigenvalue weighted by atomic mass is 10.1. The van der Waals surface area contributed by atoms with Crippen LogP contribution in [-0.4, -0.2) is 41.7 Å². The van der Waals surface area contributed by atoms with Crippen LogP contribution in [0.1, 0.15) is 113 Å². The van der Waals surface area contributed by atoms with Crippen molar-refractivity contribution in [2.24, 2.45) is 0 Å². The van der Waals surface area contributed by atoms with Crippen molar-refractivity contribution in [3.8, 4) is 5.75 Å². The first-order valence-corrected chi connectivity index (χ1v) is 16.2. The Hall–Kier alpha value is -2.83. The largest absolute Gasteiger partial charge is 0.497 e. The summed E-state index contributed by atoms with van der Waals surface area (Å²) >= 11 is 6.06. The second kappa shape index (κ2) is 18.0. The summed E-state index contributed by atoms with van der Waals surface area (Å²) < 4.78 is 7.15. The molecular weight excluding hydrogens is 548 g/mol. The van der Waals surface area contributed by atoms with Gasteiger partial charge >= 0.3 is 5.97 Å². The van der Waals surface area contributed by atoms with E-state index >= 15 is 0 Å². The average molecular weight is 597 g/mol. The number of rotatable bonds is 19. The molecule has 7 heteroatoms. The van der Waals surface area contributed by atoms with Crippen molar-refractivity contribution in [1.82, 2.24) is 9.63 Å². The third kappa shape index (κ3) is 9.88. The fourth-order valence-corrected chi connectivity index (χ4v) is 5.58. The van der Waals surface area contributed by atoms with Crippen molar-refractivity contribution in [3.63, 3.8) is 0 Å². The summed E-state index contributed by atoms with van der Waals surface area (Å²) in [6, 6.07) is 12.4. The molecule has 0 aliphatic rings. The van der Waals surface area contributed by atoms with Crippen molar-refractivity contribution >= 4 is 34.4 Å². The van der Waals surface area contributed by atoms with E-state index in [0.717, 1.165) is 55.2 Å². The zero-order valence-corrected chi connectivity index (χ0v) is 26.8. The van der Waals surface area contributed by atoms with E-state index in [4.69, 9.17) is 21.2 Å². The molecule has 2 aromatic carbocycles. The number of unbranched alkanes of at least 4 members (excludes halogenated alkanes) is 10. The van der Waals surface area contributed by atoms with Crippen molar-refractivity contribution in [2.45, 2.75) is 104 Å². The fraction of sp³-hybridized carbons (Fsp3) is 0.543. The molecule has 0 fully saturated rings. The first-order chi connectivity index (χ1) is 20.4. The summed E-state index contributed by atoms with van der Waals surface area (Å²) in [6.07, 6.45) is 14.3. The van der Waals surface area contributed by atoms with Gasteiger partial charge in [0, 0.05) is 34.8 Å². The van der Waals surface area contributed by atoms with Gasteiger partial charge in [0.05, 0.1) is 19.0 Å². The van der Waals surface area contributed by atoms with Crippen LogP contribution < -0.4 is 4.74 Å². The Morgan fingerprint density at radius 1 is 0.810 bits per heavy atom. The molecule has 0 saturated heterocycles. The molecule has 0 bridgehead atoms. The molecule has 0 aliphatic heterocycles. The highest BCUT2D eigenvalue weighted by Gasteiger charge is 2.23. The van der Waals surface area contributed by atoms with Gasteiger partial charge in [-0.1, -0.05) is 89.7 Å². The minimum Gasteiger partial charge on any atom is -0.497 e. The number of aromatic nitrogens is 1. The number of fused-ring (bicyclic) bond motifs is 1. The van der Waals surface area contributed by atoms with E-state index in [0.29, 0.717) is 22.0 Å². The number of halogens is 1. The first-order valence-electron chi connectivity index (χ1n) is 15.8. The van der Waals surface area contributed by atoms with E-state index in [-0.39, 0.29) is 18.3 Å². The number of carbonyl (C=O) groups excluding carboxylic acids is 2. The lowest BCUT2D eigenvalue weighted by Gasteiger charge is -2.21. The molecule has 1 aromatic heterocycles. The van der Waals surface area contributed by atoms with Gasteiger partial charge in [-0.3, -0.25) is 9.36 Å². The number of hydrogen-bond acceptors (Lipinski definition) is 5. The number of hydroxylamine groups is 2. The van der Waals surface area contributed by atoms with Crippen LogP contribution in [0.25, 0.3) is 10.9 Å². The summed E-state index contributed by atoms with van der Waals surface area (Å²) in [5, 5.41) is 3.25. The minimum absolute atomic E-state index is 0.0693. The molecule has 230 valence electrons. The van der Waals surface area contributed by atoms with Gasteiger partial charge in [-0.25, -0.2) is 4.79 Å². The van der Waals surface area contributed by atoms with Crippen LogP contribution in [0.4, 0.5) is 0 Å². The SMILES string of the molecule is CCCCCCCCN(CCCCCCCC)OC(=O)Cc1c(C)n(C(=O)c2ccc(Cl)cc2)c2ccc(OC)cc12. The molecule has 0 atom stereocenters. The molecule has 0 N–H and O–H groups in total. The van der Waals surface area contributed by atoms with Gasteiger partial charge in [0.25, 0.3) is 5.91 Å². The van der Waals surface area contributed by atoms with Crippen LogP contribution in [-0.2, 0) is 16.1 Å². The summed E-state index contributed by atoms with van der Waals surface area (Å²) in [4.78, 5) is 33.0. The molecule has 0 spiro atoms. The van der Waals surface area contributed by atoms with Gasteiger partial charge in [-0.05, 0) is 67.8 Å². The first kappa shape index (κ1) is 33.7. The van der Waals surface area contributed by atoms with E-state index in [1.165, 1.54) is 51.4 Å². The maximum atomic E-state index is 13.6. The second-order valence-electron chi connectivity index (χ2n) is 11.2. The van der Waals surface area contributed by atoms with E-state index in [1.54, 1.807) is 35.9 Å². The maximum absolute atomic E-state index is 13.6. The van der Waals surface area contributed by atoms with Crippen molar-refractivity contribution in [3.05, 3.63) is 64.3 Å². The zero-order valence-electron chi connectivity index (χ0n) is 26.1. The third-order valence-corrected chi connectivity index (χ3v) is 8.16. The van der Waals surface area contributed by atoms with Gasteiger partial charge in [0.15, 0.2) is 0 Å². The lowest BCUT2D eigenvalue weighted by molar-refractivity contribution is -0.190. The number of benzene rings is 2. The normalized spacial score (nSPS) is 11.4. The standard InChI is InChI=1S/C35H49ClN2O4/c1-5-7-9-11-13-15-23-37(24-16-14-12-10-8-6-2)42-34(39)26-31-27(3)38(33-22-21-30(41-4)25-32(31)33)35(40)28-17-19-29(36)20-18-28/h17-22,25H,5-16,23-24,26H2,1-4H3. The molecule has 0 radical (unpaired) electrons. The smallest absolute Gasteiger partial charge is 0.329 e. The summed E-state index contributed by atoms with van der Waals surface area (Å²) in [6.45, 7) is 7.83. The maximum Gasteiger partial charge on any atom is 0.329 e. The molecule has 3 aromatic rings. The Labute approximate surface area is 257 Å². The Balaban J connectivity index is 1.77. The molecule has 3 rings (SSSR count). The van der Waals surface area contributed by atoms with Crippen molar-refractivity contribution in [2.75, 3.05) is 20.2 Å². The van der Waals surface area contributed by atoms with E-state index in [2.05, 4.69) is 13.8 Å². The summed E-state index contributed by atoms with van der Waals surface area (Å²) in [5.41, 5.74) is 2.74. The summed E-state index contributed by atoms with van der Waals surface area (Å²) in [5.74, 6) is 0.184. The van der Waals surface area contributed by atoms with Crippen LogP contribution in [0, 0.1) is 6.92 Å². The second-order valence-corrected chi connectivity index (χ2v) is 11.6. The van der Waals surface area contributed by atoms with Crippen molar-refractivity contribution in [1.29, 1.82) is 0 Å². The number of ether oxygens (including phenoxy) is 1. The Morgan fingerprint density at radius 2 is 1.38 bits per heavy atom. The highest BCUT2D eigenvalue weighted by Crippen LogP contribution is 2.31. The molecule has 0 saturated carbocycles. The van der Waals surface area contributed by atoms with Gasteiger partial charge in [-0.15, -0.1) is 5.06 Å².